The van der Waals surface area contributed by atoms with E-state index in [9.17, 15) is 26.4 Å². The van der Waals surface area contributed by atoms with Gasteiger partial charge in [-0.05, 0) is 39.6 Å². The predicted octanol–water partition coefficient (Wildman–Crippen LogP) is 2.93. The Morgan fingerprint density at radius 1 is 1.38 bits per heavy atom. The molecule has 0 aliphatic rings. The van der Waals surface area contributed by atoms with E-state index < -0.39 is 38.7 Å². The molecule has 29 heavy (non-hydrogen) atoms. The van der Waals surface area contributed by atoms with Crippen LogP contribution in [0.5, 0.6) is 0 Å². The maximum absolute atomic E-state index is 12.9. The lowest BCUT2D eigenvalue weighted by Crippen LogP contribution is -2.27. The highest BCUT2D eigenvalue weighted by Gasteiger charge is 2.38. The van der Waals surface area contributed by atoms with E-state index in [0.29, 0.717) is 17.1 Å². The SMILES string of the molecule is CS(=O)(=O)c1cccc(-c2nsc(/C(NCC(=O)O)=C(\Br)C(=N)C(F)(F)F)n2)c1. The normalized spacial score (nSPS) is 13.0. The molecule has 3 N–H and O–H groups in total. The zero-order valence-electron chi connectivity index (χ0n) is 14.4. The second kappa shape index (κ2) is 8.59. The first-order chi connectivity index (χ1) is 13.3. The number of hydrogen-bond donors (Lipinski definition) is 3. The third-order valence-electron chi connectivity index (χ3n) is 3.30. The van der Waals surface area contributed by atoms with Crippen molar-refractivity contribution in [2.45, 2.75) is 11.1 Å². The molecule has 14 heteroatoms. The maximum Gasteiger partial charge on any atom is 0.433 e. The Labute approximate surface area is 175 Å². The highest BCUT2D eigenvalue weighted by Crippen LogP contribution is 2.31. The van der Waals surface area contributed by atoms with Gasteiger partial charge in [-0.1, -0.05) is 12.1 Å². The van der Waals surface area contributed by atoms with E-state index in [1.165, 1.54) is 24.3 Å². The first kappa shape index (κ1) is 23.0. The van der Waals surface area contributed by atoms with Crippen LogP contribution in [0.4, 0.5) is 13.2 Å². The molecule has 0 fully saturated rings. The third kappa shape index (κ3) is 5.83. The summed E-state index contributed by atoms with van der Waals surface area (Å²) in [5.74, 6) is -1.31. The van der Waals surface area contributed by atoms with Gasteiger partial charge in [0.1, 0.15) is 6.54 Å². The molecule has 0 bridgehead atoms. The minimum Gasteiger partial charge on any atom is -0.480 e. The average molecular weight is 513 g/mol. The lowest BCUT2D eigenvalue weighted by atomic mass is 10.2. The van der Waals surface area contributed by atoms with Crippen LogP contribution in [-0.4, -0.2) is 53.5 Å². The van der Waals surface area contributed by atoms with Crippen molar-refractivity contribution in [3.63, 3.8) is 0 Å². The average Bonchev–Trinajstić information content (AvgIpc) is 3.09. The molecule has 0 unspecified atom stereocenters. The zero-order valence-corrected chi connectivity index (χ0v) is 17.6. The van der Waals surface area contributed by atoms with Gasteiger partial charge in [0.2, 0.25) is 0 Å². The van der Waals surface area contributed by atoms with Gasteiger partial charge in [-0.2, -0.15) is 17.5 Å². The molecule has 0 saturated carbocycles. The van der Waals surface area contributed by atoms with E-state index in [1.54, 1.807) is 0 Å². The van der Waals surface area contributed by atoms with Gasteiger partial charge in [0.15, 0.2) is 26.4 Å². The molecule has 0 spiro atoms. The molecule has 1 aromatic carbocycles. The highest BCUT2D eigenvalue weighted by atomic mass is 79.9. The highest BCUT2D eigenvalue weighted by molar-refractivity contribution is 9.12. The van der Waals surface area contributed by atoms with Crippen molar-refractivity contribution in [1.29, 1.82) is 5.41 Å². The van der Waals surface area contributed by atoms with E-state index in [2.05, 4.69) is 30.6 Å². The van der Waals surface area contributed by atoms with Crippen molar-refractivity contribution in [3.05, 3.63) is 33.8 Å². The number of halogens is 4. The number of rotatable bonds is 7. The summed E-state index contributed by atoms with van der Waals surface area (Å²) < 4.78 is 65.3. The van der Waals surface area contributed by atoms with Crippen molar-refractivity contribution in [2.24, 2.45) is 0 Å². The van der Waals surface area contributed by atoms with Gasteiger partial charge in [-0.3, -0.25) is 10.2 Å². The fourth-order valence-electron chi connectivity index (χ4n) is 1.97. The summed E-state index contributed by atoms with van der Waals surface area (Å²) in [4.78, 5) is 14.9. The van der Waals surface area contributed by atoms with Crippen LogP contribution in [0.1, 0.15) is 5.01 Å². The minimum atomic E-state index is -4.98. The molecule has 156 valence electrons. The largest absolute Gasteiger partial charge is 0.480 e. The number of nitrogens with one attached hydrogen (secondary N) is 2. The van der Waals surface area contributed by atoms with Crippen LogP contribution in [0, 0.1) is 5.41 Å². The monoisotopic (exact) mass is 512 g/mol. The number of aliphatic carboxylic acids is 1. The molecular weight excluding hydrogens is 501 g/mol. The second-order valence-corrected chi connectivity index (χ2v) is 9.09. The van der Waals surface area contributed by atoms with Crippen molar-refractivity contribution < 1.29 is 31.5 Å². The Hall–Kier alpha value is -2.32. The molecule has 0 aliphatic heterocycles. The van der Waals surface area contributed by atoms with Crippen molar-refractivity contribution in [3.8, 4) is 11.4 Å². The number of allylic oxidation sites excluding steroid dienone is 1. The van der Waals surface area contributed by atoms with Gasteiger partial charge in [0, 0.05) is 11.8 Å². The Morgan fingerprint density at radius 2 is 2.03 bits per heavy atom. The first-order valence-corrected chi connectivity index (χ1v) is 10.9. The van der Waals surface area contributed by atoms with Crippen LogP contribution in [0.15, 0.2) is 33.6 Å². The summed E-state index contributed by atoms with van der Waals surface area (Å²) in [6.45, 7) is -0.728. The Bertz CT molecular complexity index is 1100. The van der Waals surface area contributed by atoms with Crippen molar-refractivity contribution >= 4 is 54.7 Å². The molecule has 0 saturated heterocycles. The molecule has 0 amide bonds. The van der Waals surface area contributed by atoms with E-state index in [0.717, 1.165) is 6.26 Å². The number of carboxylic acid groups (broad SMARTS) is 1. The Morgan fingerprint density at radius 3 is 2.59 bits per heavy atom. The Balaban J connectivity index is 2.52. The summed E-state index contributed by atoms with van der Waals surface area (Å²) in [6.07, 6.45) is -3.96. The number of sulfone groups is 1. The zero-order chi connectivity index (χ0) is 22.0. The van der Waals surface area contributed by atoms with E-state index >= 15 is 0 Å². The quantitative estimate of drug-likeness (QED) is 0.485. The van der Waals surface area contributed by atoms with Crippen LogP contribution in [0.25, 0.3) is 17.1 Å². The molecular formula is C15H12BrF3N4O4S2. The summed E-state index contributed by atoms with van der Waals surface area (Å²) in [5.41, 5.74) is -1.81. The summed E-state index contributed by atoms with van der Waals surface area (Å²) >= 11 is 3.33. The van der Waals surface area contributed by atoms with Gasteiger partial charge < -0.3 is 10.4 Å². The van der Waals surface area contributed by atoms with E-state index in [4.69, 9.17) is 10.5 Å². The molecule has 0 radical (unpaired) electrons. The number of nitrogens with zero attached hydrogens (tertiary/aromatic N) is 2. The van der Waals surface area contributed by atoms with Crippen molar-refractivity contribution in [1.82, 2.24) is 14.7 Å². The molecule has 2 rings (SSSR count). The number of hydrogen-bond acceptors (Lipinski definition) is 8. The first-order valence-electron chi connectivity index (χ1n) is 7.47. The molecule has 2 aromatic rings. The van der Waals surface area contributed by atoms with E-state index in [1.807, 2.05) is 0 Å². The number of benzene rings is 1. The maximum atomic E-state index is 12.9. The number of carbonyl (C=O) groups is 1. The summed E-state index contributed by atoms with van der Waals surface area (Å²) in [7, 11) is -3.50. The van der Waals surface area contributed by atoms with Crippen molar-refractivity contribution in [2.75, 3.05) is 12.8 Å². The van der Waals surface area contributed by atoms with Crippen LogP contribution in [0.3, 0.4) is 0 Å². The lowest BCUT2D eigenvalue weighted by molar-refractivity contribution is -0.135. The number of carboxylic acids is 1. The standard InChI is InChI=1S/C15H12BrF3N4O4S2/c1-29(26,27)8-4-2-3-7(5-8)13-22-14(28-23-13)11(21-6-9(24)25)10(16)12(20)15(17,18)19/h2-5,20-21H,6H2,1H3,(H,24,25)/b11-10+,20-12?. The molecule has 1 heterocycles. The topological polar surface area (TPSA) is 133 Å². The van der Waals surface area contributed by atoms with Gasteiger partial charge in [0.25, 0.3) is 0 Å². The Kier molecular flexibility index (Phi) is 6.80. The van der Waals surface area contributed by atoms with Crippen LogP contribution < -0.4 is 5.32 Å². The van der Waals surface area contributed by atoms with Crippen LogP contribution in [-0.2, 0) is 14.6 Å². The molecule has 0 atom stereocenters. The second-order valence-electron chi connectivity index (χ2n) is 5.53. The van der Waals surface area contributed by atoms with Crippen LogP contribution >= 0.6 is 27.5 Å². The summed E-state index contributed by atoms with van der Waals surface area (Å²) in [5, 5.41) is 18.2. The lowest BCUT2D eigenvalue weighted by Gasteiger charge is -2.12. The van der Waals surface area contributed by atoms with Gasteiger partial charge in [0.05, 0.1) is 15.1 Å². The third-order valence-corrected chi connectivity index (χ3v) is 5.93. The molecule has 8 nitrogen and oxygen atoms in total. The van der Waals surface area contributed by atoms with Gasteiger partial charge >= 0.3 is 12.1 Å². The minimum absolute atomic E-state index is 0.00569. The fraction of sp³-hybridized carbons (Fsp3) is 0.200. The fourth-order valence-corrected chi connectivity index (χ4v) is 4.03. The van der Waals surface area contributed by atoms with E-state index in [-0.39, 0.29) is 21.4 Å². The number of alkyl halides is 3. The van der Waals surface area contributed by atoms with Crippen LogP contribution in [0.2, 0.25) is 0 Å². The molecule has 0 aliphatic carbocycles. The smallest absolute Gasteiger partial charge is 0.433 e. The predicted molar refractivity (Wildman–Crippen MR) is 104 cm³/mol. The van der Waals surface area contributed by atoms with Gasteiger partial charge in [-0.15, -0.1) is 0 Å². The number of aromatic nitrogens is 2. The molecule has 1 aromatic heterocycles. The summed E-state index contributed by atoms with van der Waals surface area (Å²) in [6, 6.07) is 5.65. The van der Waals surface area contributed by atoms with Gasteiger partial charge in [-0.25, -0.2) is 13.4 Å².